The normalized spacial score (nSPS) is 12.1. The molecule has 0 bridgehead atoms. The van der Waals surface area contributed by atoms with Gasteiger partial charge in [-0.1, -0.05) is 0 Å². The molecule has 7 heteroatoms. The number of halogens is 2. The van der Waals surface area contributed by atoms with Gasteiger partial charge >= 0.3 is 0 Å². The molecule has 4 N–H and O–H groups in total. The van der Waals surface area contributed by atoms with E-state index in [1.807, 2.05) is 0 Å². The first-order valence-electron chi connectivity index (χ1n) is 5.23. The lowest BCUT2D eigenvalue weighted by Gasteiger charge is -2.13. The first-order chi connectivity index (χ1) is 8.49. The first kappa shape index (κ1) is 14.3. The maximum absolute atomic E-state index is 13.6. The molecule has 1 atom stereocenters. The number of amides is 1. The average molecular weight is 259 g/mol. The summed E-state index contributed by atoms with van der Waals surface area (Å²) in [6, 6.07) is 0.924. The van der Waals surface area contributed by atoms with Crippen LogP contribution in [0.3, 0.4) is 0 Å². The van der Waals surface area contributed by atoms with Crippen molar-refractivity contribution in [2.45, 2.75) is 12.5 Å². The summed E-state index contributed by atoms with van der Waals surface area (Å²) in [6.45, 7) is 0. The molecule has 5 nitrogen and oxygen atoms in total. The molecule has 1 unspecified atom stereocenters. The molecular weight excluding hydrogens is 244 g/mol. The van der Waals surface area contributed by atoms with Gasteiger partial charge in [0.1, 0.15) is 5.82 Å². The third kappa shape index (κ3) is 3.38. The lowest BCUT2D eigenvalue weighted by molar-refractivity contribution is -0.123. The van der Waals surface area contributed by atoms with Crippen molar-refractivity contribution >= 4 is 5.91 Å². The van der Waals surface area contributed by atoms with Crippen LogP contribution in [0, 0.1) is 11.6 Å². The Kier molecular flexibility index (Phi) is 4.99. The summed E-state index contributed by atoms with van der Waals surface area (Å²) < 4.78 is 31.6. The largest absolute Gasteiger partial charge is 0.494 e. The second kappa shape index (κ2) is 6.27. The van der Waals surface area contributed by atoms with E-state index in [0.29, 0.717) is 0 Å². The van der Waals surface area contributed by atoms with Crippen molar-refractivity contribution in [3.8, 4) is 5.75 Å². The van der Waals surface area contributed by atoms with E-state index < -0.39 is 23.6 Å². The molecule has 0 aliphatic heterocycles. The minimum absolute atomic E-state index is 0.0204. The van der Waals surface area contributed by atoms with Gasteiger partial charge in [-0.05, 0) is 18.1 Å². The van der Waals surface area contributed by atoms with Crippen molar-refractivity contribution < 1.29 is 18.3 Å². The van der Waals surface area contributed by atoms with Crippen LogP contribution in [-0.4, -0.2) is 26.1 Å². The van der Waals surface area contributed by atoms with Crippen molar-refractivity contribution in [1.29, 1.82) is 0 Å². The fourth-order valence-electron chi connectivity index (χ4n) is 1.43. The highest BCUT2D eigenvalue weighted by Crippen LogP contribution is 2.21. The van der Waals surface area contributed by atoms with Gasteiger partial charge in [0.15, 0.2) is 11.6 Å². The maximum atomic E-state index is 13.6. The zero-order valence-corrected chi connectivity index (χ0v) is 10.1. The van der Waals surface area contributed by atoms with E-state index >= 15 is 0 Å². The van der Waals surface area contributed by atoms with E-state index in [1.54, 1.807) is 0 Å². The van der Waals surface area contributed by atoms with Gasteiger partial charge in [0.05, 0.1) is 13.2 Å². The highest BCUT2D eigenvalue weighted by Gasteiger charge is 2.17. The van der Waals surface area contributed by atoms with Crippen molar-refractivity contribution in [3.05, 3.63) is 29.3 Å². The van der Waals surface area contributed by atoms with Gasteiger partial charge in [0.25, 0.3) is 5.91 Å². The number of ether oxygens (including phenoxy) is 1. The van der Waals surface area contributed by atoms with Gasteiger partial charge in [-0.2, -0.15) is 0 Å². The van der Waals surface area contributed by atoms with E-state index in [4.69, 9.17) is 5.73 Å². The lowest BCUT2D eigenvalue weighted by atomic mass is 10.0. The van der Waals surface area contributed by atoms with E-state index in [9.17, 15) is 13.6 Å². The number of rotatable bonds is 5. The Labute approximate surface area is 103 Å². The third-order valence-corrected chi connectivity index (χ3v) is 2.35. The van der Waals surface area contributed by atoms with Gasteiger partial charge < -0.3 is 10.5 Å². The molecule has 0 radical (unpaired) electrons. The van der Waals surface area contributed by atoms with Gasteiger partial charge in [0.2, 0.25) is 0 Å². The van der Waals surface area contributed by atoms with Crippen LogP contribution < -0.4 is 21.3 Å². The SMILES string of the molecule is CNNC(=O)C(N)Cc1cc(F)c(OC)cc1F. The minimum Gasteiger partial charge on any atom is -0.494 e. The number of hydrazine groups is 1. The molecule has 100 valence electrons. The molecule has 0 fully saturated rings. The molecule has 0 heterocycles. The summed E-state index contributed by atoms with van der Waals surface area (Å²) in [4.78, 5) is 11.3. The molecule has 0 aliphatic rings. The number of benzene rings is 1. The molecule has 0 aromatic heterocycles. The van der Waals surface area contributed by atoms with Gasteiger partial charge in [-0.3, -0.25) is 10.2 Å². The fourth-order valence-corrected chi connectivity index (χ4v) is 1.43. The maximum Gasteiger partial charge on any atom is 0.251 e. The second-order valence-corrected chi connectivity index (χ2v) is 3.63. The van der Waals surface area contributed by atoms with E-state index in [-0.39, 0.29) is 17.7 Å². The molecule has 1 amide bonds. The monoisotopic (exact) mass is 259 g/mol. The van der Waals surface area contributed by atoms with Gasteiger partial charge in [0, 0.05) is 13.1 Å². The zero-order valence-electron chi connectivity index (χ0n) is 10.1. The molecule has 0 aliphatic carbocycles. The third-order valence-electron chi connectivity index (χ3n) is 2.35. The Bertz CT molecular complexity index is 441. The molecule has 0 spiro atoms. The quantitative estimate of drug-likeness (QED) is 0.655. The molecule has 1 aromatic rings. The number of hydrogen-bond acceptors (Lipinski definition) is 4. The lowest BCUT2D eigenvalue weighted by Crippen LogP contribution is -2.46. The first-order valence-corrected chi connectivity index (χ1v) is 5.23. The Morgan fingerprint density at radius 3 is 2.67 bits per heavy atom. The van der Waals surface area contributed by atoms with Crippen LogP contribution in [0.15, 0.2) is 12.1 Å². The minimum atomic E-state index is -0.972. The Morgan fingerprint density at radius 1 is 1.44 bits per heavy atom. The smallest absolute Gasteiger partial charge is 0.251 e. The van der Waals surface area contributed by atoms with Crippen LogP contribution in [0.25, 0.3) is 0 Å². The molecule has 0 saturated heterocycles. The summed E-state index contributed by atoms with van der Waals surface area (Å²) in [6.07, 6.45) is -0.111. The fraction of sp³-hybridized carbons (Fsp3) is 0.364. The summed E-state index contributed by atoms with van der Waals surface area (Å²) in [5.74, 6) is -2.06. The van der Waals surface area contributed by atoms with Crippen LogP contribution in [0.5, 0.6) is 5.75 Å². The summed E-state index contributed by atoms with van der Waals surface area (Å²) >= 11 is 0. The van der Waals surface area contributed by atoms with Crippen molar-refractivity contribution in [3.63, 3.8) is 0 Å². The highest BCUT2D eigenvalue weighted by molar-refractivity contribution is 5.81. The summed E-state index contributed by atoms with van der Waals surface area (Å²) in [7, 11) is 2.74. The van der Waals surface area contributed by atoms with Gasteiger partial charge in [-0.25, -0.2) is 14.2 Å². The number of carbonyl (C=O) groups excluding carboxylic acids is 1. The van der Waals surface area contributed by atoms with Gasteiger partial charge in [-0.15, -0.1) is 0 Å². The van der Waals surface area contributed by atoms with Crippen LogP contribution in [0.1, 0.15) is 5.56 Å². The number of carbonyl (C=O) groups is 1. The average Bonchev–Trinajstić information content (AvgIpc) is 2.33. The topological polar surface area (TPSA) is 76.4 Å². The van der Waals surface area contributed by atoms with Crippen LogP contribution in [-0.2, 0) is 11.2 Å². The van der Waals surface area contributed by atoms with Crippen LogP contribution in [0.2, 0.25) is 0 Å². The van der Waals surface area contributed by atoms with E-state index in [2.05, 4.69) is 15.6 Å². The van der Waals surface area contributed by atoms with Crippen molar-refractivity contribution in [1.82, 2.24) is 10.9 Å². The Hall–Kier alpha value is -1.73. The van der Waals surface area contributed by atoms with Crippen LogP contribution >= 0.6 is 0 Å². The number of hydrogen-bond donors (Lipinski definition) is 3. The second-order valence-electron chi connectivity index (χ2n) is 3.63. The van der Waals surface area contributed by atoms with E-state index in [0.717, 1.165) is 12.1 Å². The Balaban J connectivity index is 2.85. The molecule has 18 heavy (non-hydrogen) atoms. The predicted molar refractivity (Wildman–Crippen MR) is 61.8 cm³/mol. The number of methoxy groups -OCH3 is 1. The van der Waals surface area contributed by atoms with Crippen LogP contribution in [0.4, 0.5) is 8.78 Å². The predicted octanol–water partition coefficient (Wildman–Crippen LogP) is 0.0938. The van der Waals surface area contributed by atoms with Crippen molar-refractivity contribution in [2.75, 3.05) is 14.2 Å². The molecule has 1 rings (SSSR count). The standard InChI is InChI=1S/C11H15F2N3O2/c1-15-16-11(17)9(14)4-6-3-8(13)10(18-2)5-7(6)12/h3,5,9,15H,4,14H2,1-2H3,(H,16,17). The van der Waals surface area contributed by atoms with E-state index in [1.165, 1.54) is 14.2 Å². The number of nitrogens with two attached hydrogens (primary N) is 1. The molecule has 0 saturated carbocycles. The molecular formula is C11H15F2N3O2. The molecule has 1 aromatic carbocycles. The Morgan fingerprint density at radius 2 is 2.11 bits per heavy atom. The van der Waals surface area contributed by atoms with Crippen molar-refractivity contribution in [2.24, 2.45) is 5.73 Å². The summed E-state index contributed by atoms with van der Waals surface area (Å²) in [5, 5.41) is 0. The zero-order chi connectivity index (χ0) is 13.7. The highest BCUT2D eigenvalue weighted by atomic mass is 19.1. The summed E-state index contributed by atoms with van der Waals surface area (Å²) in [5.41, 5.74) is 10.3. The number of nitrogens with one attached hydrogen (secondary N) is 2.